The van der Waals surface area contributed by atoms with E-state index in [9.17, 15) is 4.79 Å². The second-order valence-corrected chi connectivity index (χ2v) is 4.94. The van der Waals surface area contributed by atoms with Gasteiger partial charge >= 0.3 is 0 Å². The fraction of sp³-hybridized carbons (Fsp3) is 0.909. The van der Waals surface area contributed by atoms with Crippen LogP contribution in [0, 0.1) is 5.92 Å². The molecular formula is C11H20N2O2. The largest absolute Gasteiger partial charge is 0.363 e. The quantitative estimate of drug-likeness (QED) is 0.688. The number of nitrogens with one attached hydrogen (secondary N) is 2. The average molecular weight is 212 g/mol. The second-order valence-electron chi connectivity index (χ2n) is 4.94. The molecule has 0 spiro atoms. The van der Waals surface area contributed by atoms with Crippen molar-refractivity contribution in [3.8, 4) is 0 Å². The van der Waals surface area contributed by atoms with Crippen LogP contribution in [0.3, 0.4) is 0 Å². The van der Waals surface area contributed by atoms with Crippen molar-refractivity contribution in [2.45, 2.75) is 31.8 Å². The highest BCUT2D eigenvalue weighted by Gasteiger charge is 2.33. The molecular weight excluding hydrogens is 192 g/mol. The highest BCUT2D eigenvalue weighted by Crippen LogP contribution is 2.25. The predicted octanol–water partition coefficient (Wildman–Crippen LogP) is 0.281. The Morgan fingerprint density at radius 2 is 2.27 bits per heavy atom. The molecule has 1 amide bonds. The zero-order valence-corrected chi connectivity index (χ0v) is 9.34. The molecule has 1 saturated heterocycles. The van der Waals surface area contributed by atoms with Gasteiger partial charge in [0.2, 0.25) is 5.91 Å². The van der Waals surface area contributed by atoms with Crippen molar-refractivity contribution in [2.75, 3.05) is 26.2 Å². The molecule has 0 aromatic carbocycles. The van der Waals surface area contributed by atoms with E-state index >= 15 is 0 Å². The van der Waals surface area contributed by atoms with Crippen LogP contribution in [0.25, 0.3) is 0 Å². The third kappa shape index (κ3) is 2.92. The van der Waals surface area contributed by atoms with Gasteiger partial charge in [0.25, 0.3) is 0 Å². The van der Waals surface area contributed by atoms with E-state index in [0.29, 0.717) is 0 Å². The second kappa shape index (κ2) is 4.49. The molecule has 1 saturated carbocycles. The third-order valence-corrected chi connectivity index (χ3v) is 3.36. The van der Waals surface area contributed by atoms with E-state index in [2.05, 4.69) is 10.6 Å². The van der Waals surface area contributed by atoms with Gasteiger partial charge < -0.3 is 15.4 Å². The molecule has 1 aliphatic heterocycles. The van der Waals surface area contributed by atoms with Crippen LogP contribution < -0.4 is 10.6 Å². The number of amides is 1. The Labute approximate surface area is 90.8 Å². The molecule has 86 valence electrons. The van der Waals surface area contributed by atoms with Crippen molar-refractivity contribution in [3.05, 3.63) is 0 Å². The topological polar surface area (TPSA) is 50.4 Å². The number of carbonyl (C=O) groups is 1. The van der Waals surface area contributed by atoms with Gasteiger partial charge in [-0.1, -0.05) is 6.42 Å². The molecule has 0 radical (unpaired) electrons. The number of carbonyl (C=O) groups excluding carboxylic acids is 1. The summed E-state index contributed by atoms with van der Waals surface area (Å²) in [5.74, 6) is 0.741. The lowest BCUT2D eigenvalue weighted by atomic mass is 9.85. The van der Waals surface area contributed by atoms with Crippen molar-refractivity contribution >= 4 is 5.91 Å². The van der Waals surface area contributed by atoms with Gasteiger partial charge in [-0.3, -0.25) is 4.79 Å². The van der Waals surface area contributed by atoms with Crippen LogP contribution in [0.2, 0.25) is 0 Å². The molecule has 4 heteroatoms. The molecule has 0 bridgehead atoms. The van der Waals surface area contributed by atoms with Crippen LogP contribution in [0.1, 0.15) is 26.2 Å². The molecule has 15 heavy (non-hydrogen) atoms. The molecule has 1 heterocycles. The molecule has 0 aromatic heterocycles. The van der Waals surface area contributed by atoms with Crippen LogP contribution >= 0.6 is 0 Å². The first-order valence-corrected chi connectivity index (χ1v) is 5.79. The molecule has 2 fully saturated rings. The fourth-order valence-electron chi connectivity index (χ4n) is 1.83. The number of ether oxygens (including phenoxy) is 1. The van der Waals surface area contributed by atoms with Crippen LogP contribution in [0.5, 0.6) is 0 Å². The van der Waals surface area contributed by atoms with E-state index in [1.807, 2.05) is 6.92 Å². The average Bonchev–Trinajstić information content (AvgIpc) is 2.09. The Morgan fingerprint density at radius 1 is 1.53 bits per heavy atom. The number of rotatable bonds is 5. The standard InChI is InChI=1S/C11H20N2O2/c1-11(7-12-8-11)15-6-10(14)13-5-9-3-2-4-9/h9,12H,2-8H2,1H3,(H,13,14). The van der Waals surface area contributed by atoms with Gasteiger partial charge in [-0.25, -0.2) is 0 Å². The highest BCUT2D eigenvalue weighted by molar-refractivity contribution is 5.77. The minimum atomic E-state index is -0.117. The molecule has 2 N–H and O–H groups in total. The summed E-state index contributed by atoms with van der Waals surface area (Å²) in [7, 11) is 0. The molecule has 4 nitrogen and oxygen atoms in total. The minimum absolute atomic E-state index is 0.0232. The normalized spacial score (nSPS) is 24.1. The van der Waals surface area contributed by atoms with Gasteiger partial charge in [0.1, 0.15) is 6.61 Å². The summed E-state index contributed by atoms with van der Waals surface area (Å²) in [6.07, 6.45) is 3.85. The Hall–Kier alpha value is -0.610. The first-order chi connectivity index (χ1) is 7.18. The summed E-state index contributed by atoms with van der Waals surface area (Å²) in [4.78, 5) is 11.4. The van der Waals surface area contributed by atoms with Crippen molar-refractivity contribution in [2.24, 2.45) is 5.92 Å². The van der Waals surface area contributed by atoms with Gasteiger partial charge in [-0.2, -0.15) is 0 Å². The monoisotopic (exact) mass is 212 g/mol. The van der Waals surface area contributed by atoms with E-state index in [4.69, 9.17) is 4.74 Å². The van der Waals surface area contributed by atoms with E-state index in [-0.39, 0.29) is 18.1 Å². The smallest absolute Gasteiger partial charge is 0.246 e. The summed E-state index contributed by atoms with van der Waals surface area (Å²) in [6, 6.07) is 0. The molecule has 0 atom stereocenters. The van der Waals surface area contributed by atoms with E-state index in [0.717, 1.165) is 25.6 Å². The van der Waals surface area contributed by atoms with Crippen molar-refractivity contribution in [3.63, 3.8) is 0 Å². The summed E-state index contributed by atoms with van der Waals surface area (Å²) < 4.78 is 5.54. The molecule has 1 aliphatic carbocycles. The first-order valence-electron chi connectivity index (χ1n) is 5.79. The summed E-state index contributed by atoms with van der Waals surface area (Å²) in [5, 5.41) is 6.06. The van der Waals surface area contributed by atoms with Crippen molar-refractivity contribution in [1.29, 1.82) is 0 Å². The van der Waals surface area contributed by atoms with Gasteiger partial charge in [0.15, 0.2) is 0 Å². The SMILES string of the molecule is CC1(OCC(=O)NCC2CCC2)CNC1. The Bertz CT molecular complexity index is 235. The van der Waals surface area contributed by atoms with E-state index in [1.165, 1.54) is 19.3 Å². The minimum Gasteiger partial charge on any atom is -0.363 e. The molecule has 2 aliphatic rings. The van der Waals surface area contributed by atoms with Gasteiger partial charge in [0.05, 0.1) is 5.60 Å². The Balaban J connectivity index is 1.55. The first kappa shape index (κ1) is 10.9. The lowest BCUT2D eigenvalue weighted by molar-refractivity contribution is -0.136. The van der Waals surface area contributed by atoms with Crippen molar-refractivity contribution in [1.82, 2.24) is 10.6 Å². The maximum atomic E-state index is 11.4. The van der Waals surface area contributed by atoms with Crippen molar-refractivity contribution < 1.29 is 9.53 Å². The molecule has 2 rings (SSSR count). The lowest BCUT2D eigenvalue weighted by Gasteiger charge is -2.38. The lowest BCUT2D eigenvalue weighted by Crippen LogP contribution is -2.59. The molecule has 0 unspecified atom stereocenters. The summed E-state index contributed by atoms with van der Waals surface area (Å²) in [6.45, 7) is 4.76. The summed E-state index contributed by atoms with van der Waals surface area (Å²) >= 11 is 0. The Morgan fingerprint density at radius 3 is 2.73 bits per heavy atom. The van der Waals surface area contributed by atoms with Crippen LogP contribution in [-0.2, 0) is 9.53 Å². The van der Waals surface area contributed by atoms with Gasteiger partial charge in [0, 0.05) is 19.6 Å². The highest BCUT2D eigenvalue weighted by atomic mass is 16.5. The zero-order chi connectivity index (χ0) is 10.7. The summed E-state index contributed by atoms with van der Waals surface area (Å²) in [5.41, 5.74) is -0.117. The zero-order valence-electron chi connectivity index (χ0n) is 9.34. The number of hydrogen-bond donors (Lipinski definition) is 2. The number of hydrogen-bond acceptors (Lipinski definition) is 3. The maximum Gasteiger partial charge on any atom is 0.246 e. The predicted molar refractivity (Wildman–Crippen MR) is 57.6 cm³/mol. The van der Waals surface area contributed by atoms with Gasteiger partial charge in [-0.05, 0) is 25.7 Å². The molecule has 0 aromatic rings. The van der Waals surface area contributed by atoms with Crippen LogP contribution in [0.15, 0.2) is 0 Å². The van der Waals surface area contributed by atoms with Crippen LogP contribution in [0.4, 0.5) is 0 Å². The van der Waals surface area contributed by atoms with E-state index in [1.54, 1.807) is 0 Å². The maximum absolute atomic E-state index is 11.4. The van der Waals surface area contributed by atoms with Crippen LogP contribution in [-0.4, -0.2) is 37.7 Å². The fourth-order valence-corrected chi connectivity index (χ4v) is 1.83. The third-order valence-electron chi connectivity index (χ3n) is 3.36. The Kier molecular flexibility index (Phi) is 3.26. The van der Waals surface area contributed by atoms with E-state index < -0.39 is 0 Å². The van der Waals surface area contributed by atoms with Gasteiger partial charge in [-0.15, -0.1) is 0 Å².